The average Bonchev–Trinajstić information content (AvgIpc) is 2.64. The van der Waals surface area contributed by atoms with Gasteiger partial charge in [0.05, 0.1) is 27.9 Å². The minimum Gasteiger partial charge on any atom is -0.480 e. The summed E-state index contributed by atoms with van der Waals surface area (Å²) in [6.07, 6.45) is 1.09. The molecule has 0 bridgehead atoms. The highest BCUT2D eigenvalue weighted by molar-refractivity contribution is 7.89. The summed E-state index contributed by atoms with van der Waals surface area (Å²) in [7, 11) is -0.991. The SMILES string of the molecule is C=C/C(=C(/O)OC)S(=O)c1cc(Oc2ccc(Cl)cc2Cl)ccc1[N+](=O)[O-]. The van der Waals surface area contributed by atoms with Gasteiger partial charge in [-0.25, -0.2) is 4.21 Å². The van der Waals surface area contributed by atoms with Crippen LogP contribution in [0.25, 0.3) is 0 Å². The van der Waals surface area contributed by atoms with Crippen LogP contribution in [0, 0.1) is 10.1 Å². The molecule has 7 nitrogen and oxygen atoms in total. The number of hydrogen-bond acceptors (Lipinski definition) is 6. The highest BCUT2D eigenvalue weighted by Gasteiger charge is 2.24. The molecule has 1 unspecified atom stereocenters. The van der Waals surface area contributed by atoms with Crippen molar-refractivity contribution in [2.24, 2.45) is 0 Å². The molecule has 0 aliphatic rings. The van der Waals surface area contributed by atoms with E-state index in [4.69, 9.17) is 27.9 Å². The molecule has 10 heteroatoms. The maximum absolute atomic E-state index is 12.8. The van der Waals surface area contributed by atoms with Crippen molar-refractivity contribution in [2.75, 3.05) is 7.11 Å². The molecule has 0 aliphatic carbocycles. The van der Waals surface area contributed by atoms with E-state index in [-0.39, 0.29) is 26.3 Å². The van der Waals surface area contributed by atoms with Gasteiger partial charge < -0.3 is 14.6 Å². The molecule has 0 aliphatic heterocycles. The maximum Gasteiger partial charge on any atom is 0.293 e. The van der Waals surface area contributed by atoms with Crippen LogP contribution >= 0.6 is 23.2 Å². The second kappa shape index (κ2) is 8.90. The van der Waals surface area contributed by atoms with Gasteiger partial charge in [0, 0.05) is 17.2 Å². The number of hydrogen-bond donors (Lipinski definition) is 1. The Morgan fingerprint density at radius 1 is 1.30 bits per heavy atom. The Labute approximate surface area is 167 Å². The second-order valence-corrected chi connectivity index (χ2v) is 7.17. The summed E-state index contributed by atoms with van der Waals surface area (Å²) in [6, 6.07) is 8.23. The van der Waals surface area contributed by atoms with E-state index >= 15 is 0 Å². The lowest BCUT2D eigenvalue weighted by Crippen LogP contribution is -2.04. The molecule has 0 spiro atoms. The van der Waals surface area contributed by atoms with Crippen molar-refractivity contribution >= 4 is 39.7 Å². The number of aliphatic hydroxyl groups is 1. The molecule has 0 heterocycles. The fourth-order valence-corrected chi connectivity index (χ4v) is 3.64. The van der Waals surface area contributed by atoms with E-state index in [9.17, 15) is 19.4 Å². The number of aliphatic hydroxyl groups excluding tert-OH is 1. The molecule has 1 N–H and O–H groups in total. The monoisotopic (exact) mass is 429 g/mol. The molecule has 2 aromatic carbocycles. The van der Waals surface area contributed by atoms with Crippen LogP contribution in [-0.2, 0) is 15.5 Å². The number of nitrogens with zero attached hydrogens (tertiary/aromatic N) is 1. The normalized spacial score (nSPS) is 12.7. The van der Waals surface area contributed by atoms with Crippen molar-refractivity contribution < 1.29 is 23.7 Å². The van der Waals surface area contributed by atoms with Crippen LogP contribution in [0.2, 0.25) is 10.0 Å². The summed E-state index contributed by atoms with van der Waals surface area (Å²) in [4.78, 5) is 10.2. The summed E-state index contributed by atoms with van der Waals surface area (Å²) in [5.74, 6) is -0.260. The Hall–Kier alpha value is -2.55. The largest absolute Gasteiger partial charge is 0.480 e. The van der Waals surface area contributed by atoms with Crippen LogP contribution in [0.15, 0.2) is 64.8 Å². The minimum atomic E-state index is -2.15. The van der Waals surface area contributed by atoms with Crippen LogP contribution in [0.1, 0.15) is 0 Å². The first-order valence-electron chi connectivity index (χ1n) is 7.21. The number of benzene rings is 2. The molecule has 27 heavy (non-hydrogen) atoms. The number of ether oxygens (including phenoxy) is 2. The summed E-state index contributed by atoms with van der Waals surface area (Å²) < 4.78 is 23.0. The van der Waals surface area contributed by atoms with Crippen LogP contribution in [0.3, 0.4) is 0 Å². The van der Waals surface area contributed by atoms with Gasteiger partial charge in [-0.1, -0.05) is 29.8 Å². The third-order valence-electron chi connectivity index (χ3n) is 3.24. The van der Waals surface area contributed by atoms with E-state index < -0.39 is 27.4 Å². The first kappa shape index (κ1) is 20.8. The highest BCUT2D eigenvalue weighted by atomic mass is 35.5. The van der Waals surface area contributed by atoms with E-state index in [1.807, 2.05) is 0 Å². The lowest BCUT2D eigenvalue weighted by atomic mass is 10.3. The van der Waals surface area contributed by atoms with Crippen molar-refractivity contribution in [1.82, 2.24) is 0 Å². The number of halogens is 2. The zero-order valence-corrected chi connectivity index (χ0v) is 16.2. The summed E-state index contributed by atoms with van der Waals surface area (Å²) in [6.45, 7) is 3.44. The zero-order chi connectivity index (χ0) is 20.1. The Morgan fingerprint density at radius 2 is 2.00 bits per heavy atom. The van der Waals surface area contributed by atoms with Crippen LogP contribution in [0.4, 0.5) is 5.69 Å². The topological polar surface area (TPSA) is 98.9 Å². The van der Waals surface area contributed by atoms with Crippen molar-refractivity contribution in [1.29, 1.82) is 0 Å². The smallest absolute Gasteiger partial charge is 0.293 e. The van der Waals surface area contributed by atoms with E-state index in [0.717, 1.165) is 19.3 Å². The van der Waals surface area contributed by atoms with Crippen molar-refractivity contribution in [2.45, 2.75) is 4.90 Å². The fraction of sp³-hybridized carbons (Fsp3) is 0.0588. The second-order valence-electron chi connectivity index (χ2n) is 4.91. The third-order valence-corrected chi connectivity index (χ3v) is 5.24. The molecule has 0 fully saturated rings. The first-order chi connectivity index (χ1) is 12.8. The number of allylic oxidation sites excluding steroid dienone is 1. The molecule has 1 atom stereocenters. The summed E-state index contributed by atoms with van der Waals surface area (Å²) in [5, 5.41) is 21.6. The molecule has 0 aromatic heterocycles. The standard InChI is InChI=1S/C17H13Cl2NO6S/c1-3-15(17(21)25-2)27(24)16-9-11(5-6-13(16)20(22)23)26-14-7-4-10(18)8-12(14)19/h3-9,21H,1H2,2H3/b17-15+. The number of rotatable bonds is 7. The van der Waals surface area contributed by atoms with Crippen LogP contribution < -0.4 is 4.74 Å². The molecule has 0 radical (unpaired) electrons. The van der Waals surface area contributed by atoms with Gasteiger partial charge in [0.1, 0.15) is 21.3 Å². The Balaban J connectivity index is 2.52. The predicted octanol–water partition coefficient (Wildman–Crippen LogP) is 5.36. The number of nitro groups is 1. The molecule has 142 valence electrons. The Bertz CT molecular complexity index is 960. The summed E-state index contributed by atoms with van der Waals surface area (Å²) >= 11 is 11.9. The average molecular weight is 430 g/mol. The summed E-state index contributed by atoms with van der Waals surface area (Å²) in [5.41, 5.74) is -0.425. The zero-order valence-electron chi connectivity index (χ0n) is 13.8. The molecule has 2 aromatic rings. The highest BCUT2D eigenvalue weighted by Crippen LogP contribution is 2.35. The van der Waals surface area contributed by atoms with Crippen molar-refractivity contribution in [3.05, 3.63) is 80.1 Å². The molecule has 0 saturated heterocycles. The van der Waals surface area contributed by atoms with Crippen LogP contribution in [0.5, 0.6) is 11.5 Å². The quantitative estimate of drug-likeness (QED) is 0.275. The lowest BCUT2D eigenvalue weighted by molar-refractivity contribution is -0.387. The lowest BCUT2D eigenvalue weighted by Gasteiger charge is -2.11. The molecule has 0 amide bonds. The molecular weight excluding hydrogens is 417 g/mol. The van der Waals surface area contributed by atoms with Crippen molar-refractivity contribution in [3.8, 4) is 11.5 Å². The van der Waals surface area contributed by atoms with E-state index in [2.05, 4.69) is 11.3 Å². The number of nitro benzene ring substituents is 1. The Morgan fingerprint density at radius 3 is 2.56 bits per heavy atom. The fourth-order valence-electron chi connectivity index (χ4n) is 2.00. The van der Waals surface area contributed by atoms with Gasteiger partial charge in [0.25, 0.3) is 11.6 Å². The van der Waals surface area contributed by atoms with Gasteiger partial charge in [0.15, 0.2) is 0 Å². The van der Waals surface area contributed by atoms with Crippen molar-refractivity contribution in [3.63, 3.8) is 0 Å². The minimum absolute atomic E-state index is 0.147. The van der Waals surface area contributed by atoms with Gasteiger partial charge in [-0.3, -0.25) is 10.1 Å². The third kappa shape index (κ3) is 4.79. The molecule has 0 saturated carbocycles. The van der Waals surface area contributed by atoms with Gasteiger partial charge in [0.2, 0.25) is 0 Å². The first-order valence-corrected chi connectivity index (χ1v) is 9.11. The maximum atomic E-state index is 12.8. The van der Waals surface area contributed by atoms with E-state index in [1.165, 1.54) is 24.3 Å². The Kier molecular flexibility index (Phi) is 6.84. The molecular formula is C17H13Cl2NO6S. The van der Waals surface area contributed by atoms with E-state index in [1.54, 1.807) is 6.07 Å². The van der Waals surface area contributed by atoms with Gasteiger partial charge in [-0.15, -0.1) is 0 Å². The van der Waals surface area contributed by atoms with Gasteiger partial charge in [-0.05, 0) is 30.3 Å². The number of methoxy groups -OCH3 is 1. The van der Waals surface area contributed by atoms with Crippen LogP contribution in [-0.4, -0.2) is 21.3 Å². The van der Waals surface area contributed by atoms with Gasteiger partial charge >= 0.3 is 0 Å². The van der Waals surface area contributed by atoms with E-state index in [0.29, 0.717) is 5.02 Å². The van der Waals surface area contributed by atoms with Gasteiger partial charge in [-0.2, -0.15) is 0 Å². The predicted molar refractivity (Wildman–Crippen MR) is 103 cm³/mol. The molecule has 2 rings (SSSR count).